The third kappa shape index (κ3) is 141. The van der Waals surface area contributed by atoms with Gasteiger partial charge in [0.2, 0.25) is 0 Å². The first-order valence-electron chi connectivity index (χ1n) is 0.730. The quantitative estimate of drug-likeness (QED) is 0.313. The summed E-state index contributed by atoms with van der Waals surface area (Å²) in [7, 11) is -5.39. The fourth-order valence-electron chi connectivity index (χ4n) is 0. The van der Waals surface area contributed by atoms with Crippen molar-refractivity contribution < 1.29 is 53.7 Å². The van der Waals surface area contributed by atoms with E-state index in [-0.39, 0.29) is 34.4 Å². The molecule has 0 saturated heterocycles. The molecular weight excluding hydrogens is 202 g/mol. The van der Waals surface area contributed by atoms with Gasteiger partial charge in [-0.1, -0.05) is 0 Å². The molecule has 0 unspecified atom stereocenters. The van der Waals surface area contributed by atoms with Crippen LogP contribution in [0.2, 0.25) is 0 Å². The summed E-state index contributed by atoms with van der Waals surface area (Å²) in [5.41, 5.74) is 0. The summed E-state index contributed by atoms with van der Waals surface area (Å²) >= 11 is 0. The number of phosphoric acid groups is 1. The van der Waals surface area contributed by atoms with Gasteiger partial charge in [-0.05, 0) is 0 Å². The number of hydrogen-bond donors (Lipinski definition) is 0. The van der Waals surface area contributed by atoms with E-state index in [2.05, 4.69) is 0 Å². The standard InChI is InChI=1S/Cr.Mn.H3O4P/c;;1-5(2,3)4/h;;(H3,1,2,3,4)/q+3;+2;/p-3. The van der Waals surface area contributed by atoms with E-state index in [4.69, 9.17) is 19.2 Å². The van der Waals surface area contributed by atoms with Gasteiger partial charge in [0.25, 0.3) is 0 Å². The van der Waals surface area contributed by atoms with Crippen molar-refractivity contribution in [2.24, 2.45) is 0 Å². The molecular formula is CrMnO4P+2. The average molecular weight is 202 g/mol. The first-order valence-corrected chi connectivity index (χ1v) is 2.19. The number of rotatable bonds is 0. The summed E-state index contributed by atoms with van der Waals surface area (Å²) in [6.07, 6.45) is 0. The zero-order valence-electron chi connectivity index (χ0n) is 2.87. The van der Waals surface area contributed by atoms with E-state index in [1.807, 2.05) is 0 Å². The Kier molecular flexibility index (Phi) is 11.9. The maximum absolute atomic E-state index is 8.55. The summed E-state index contributed by atoms with van der Waals surface area (Å²) in [5, 5.41) is 0. The minimum absolute atomic E-state index is 0. The molecule has 0 N–H and O–H groups in total. The molecule has 0 aromatic carbocycles. The van der Waals surface area contributed by atoms with Crippen LogP contribution in [0.3, 0.4) is 0 Å². The molecule has 0 amide bonds. The van der Waals surface area contributed by atoms with Crippen molar-refractivity contribution >= 4 is 7.82 Å². The molecule has 0 aliphatic carbocycles. The SMILES string of the molecule is O=P([O-])([O-])[O-].[Cr+3].[Mn+2]. The molecule has 0 saturated carbocycles. The van der Waals surface area contributed by atoms with Crippen molar-refractivity contribution in [2.45, 2.75) is 0 Å². The maximum Gasteiger partial charge on any atom is 3.00 e. The first kappa shape index (κ1) is 15.7. The molecule has 40 valence electrons. The molecule has 0 fully saturated rings. The van der Waals surface area contributed by atoms with Gasteiger partial charge in [0.05, 0.1) is 0 Å². The van der Waals surface area contributed by atoms with Gasteiger partial charge < -0.3 is 19.2 Å². The van der Waals surface area contributed by atoms with Crippen molar-refractivity contribution in [1.82, 2.24) is 0 Å². The van der Waals surface area contributed by atoms with Crippen LogP contribution in [0.5, 0.6) is 0 Å². The normalized spacial score (nSPS) is 8.43. The largest absolute Gasteiger partial charge is 3.00 e. The average Bonchev–Trinajstić information content (AvgIpc) is 0.722. The van der Waals surface area contributed by atoms with Crippen LogP contribution >= 0.6 is 7.82 Å². The Morgan fingerprint density at radius 3 is 1.14 bits per heavy atom. The van der Waals surface area contributed by atoms with Gasteiger partial charge in [0.15, 0.2) is 0 Å². The Labute approximate surface area is 61.8 Å². The summed E-state index contributed by atoms with van der Waals surface area (Å²) < 4.78 is 8.55. The van der Waals surface area contributed by atoms with E-state index in [0.717, 1.165) is 0 Å². The number of hydrogen-bond acceptors (Lipinski definition) is 4. The third-order valence-electron chi connectivity index (χ3n) is 0. The van der Waals surface area contributed by atoms with E-state index >= 15 is 0 Å². The van der Waals surface area contributed by atoms with Crippen LogP contribution in [0.4, 0.5) is 0 Å². The topological polar surface area (TPSA) is 86.2 Å². The van der Waals surface area contributed by atoms with Crippen LogP contribution in [-0.2, 0) is 39.0 Å². The van der Waals surface area contributed by atoms with E-state index in [0.29, 0.717) is 0 Å². The van der Waals surface area contributed by atoms with Crippen LogP contribution in [0.15, 0.2) is 0 Å². The van der Waals surface area contributed by atoms with Crippen molar-refractivity contribution in [3.63, 3.8) is 0 Å². The van der Waals surface area contributed by atoms with E-state index in [9.17, 15) is 0 Å². The van der Waals surface area contributed by atoms with Gasteiger partial charge in [-0.3, -0.25) is 0 Å². The van der Waals surface area contributed by atoms with E-state index in [1.165, 1.54) is 0 Å². The van der Waals surface area contributed by atoms with Gasteiger partial charge >= 0.3 is 34.4 Å². The molecule has 0 spiro atoms. The molecule has 0 atom stereocenters. The van der Waals surface area contributed by atoms with Gasteiger partial charge in [0, 0.05) is 0 Å². The smallest absolute Gasteiger partial charge is 0.822 e. The van der Waals surface area contributed by atoms with Crippen molar-refractivity contribution in [2.75, 3.05) is 0 Å². The zero-order chi connectivity index (χ0) is 4.50. The van der Waals surface area contributed by atoms with Gasteiger partial charge in [-0.15, -0.1) is 0 Å². The predicted molar refractivity (Wildman–Crippen MR) is 7.61 cm³/mol. The van der Waals surface area contributed by atoms with Gasteiger partial charge in [-0.2, -0.15) is 7.82 Å². The van der Waals surface area contributed by atoms with E-state index < -0.39 is 7.82 Å². The Morgan fingerprint density at radius 2 is 1.14 bits per heavy atom. The molecule has 2 radical (unpaired) electrons. The second-order valence-corrected chi connectivity index (χ2v) is 1.34. The minimum atomic E-state index is -5.39. The van der Waals surface area contributed by atoms with Crippen LogP contribution in [0.25, 0.3) is 0 Å². The second kappa shape index (κ2) is 5.30. The molecule has 0 aliphatic heterocycles. The Morgan fingerprint density at radius 1 is 1.14 bits per heavy atom. The molecule has 0 aromatic rings. The molecule has 7 heteroatoms. The zero-order valence-corrected chi connectivity index (χ0v) is 6.22. The molecule has 0 bridgehead atoms. The Hall–Kier alpha value is 1.16. The molecule has 0 rings (SSSR count). The van der Waals surface area contributed by atoms with Gasteiger partial charge in [-0.25, -0.2) is 0 Å². The van der Waals surface area contributed by atoms with Crippen LogP contribution in [0.1, 0.15) is 0 Å². The fraction of sp³-hybridized carbons (Fsp3) is 0. The first-order chi connectivity index (χ1) is 2.00. The monoisotopic (exact) mass is 202 g/mol. The Balaban J connectivity index is -0.0000000800. The third-order valence-corrected chi connectivity index (χ3v) is 0. The Bertz CT molecular complexity index is 57.8. The summed E-state index contributed by atoms with van der Waals surface area (Å²) in [6, 6.07) is 0. The fourth-order valence-corrected chi connectivity index (χ4v) is 0. The molecule has 0 heterocycles. The molecule has 7 heavy (non-hydrogen) atoms. The molecule has 4 nitrogen and oxygen atoms in total. The summed E-state index contributed by atoms with van der Waals surface area (Å²) in [5.74, 6) is 0. The van der Waals surface area contributed by atoms with E-state index in [1.54, 1.807) is 0 Å². The second-order valence-electron chi connectivity index (χ2n) is 0.447. The van der Waals surface area contributed by atoms with Gasteiger partial charge in [0.1, 0.15) is 0 Å². The maximum atomic E-state index is 8.55. The minimum Gasteiger partial charge on any atom is -0.822 e. The van der Waals surface area contributed by atoms with Crippen LogP contribution in [0, 0.1) is 0 Å². The van der Waals surface area contributed by atoms with Crippen molar-refractivity contribution in [3.8, 4) is 0 Å². The summed E-state index contributed by atoms with van der Waals surface area (Å²) in [4.78, 5) is 25.6. The van der Waals surface area contributed by atoms with Crippen molar-refractivity contribution in [1.29, 1.82) is 0 Å². The van der Waals surface area contributed by atoms with Crippen LogP contribution in [-0.4, -0.2) is 0 Å². The summed E-state index contributed by atoms with van der Waals surface area (Å²) in [6.45, 7) is 0. The molecule has 0 aliphatic rings. The predicted octanol–water partition coefficient (Wildman–Crippen LogP) is -2.83. The van der Waals surface area contributed by atoms with Crippen LogP contribution < -0.4 is 14.7 Å². The van der Waals surface area contributed by atoms with Crippen molar-refractivity contribution in [3.05, 3.63) is 0 Å². The molecule has 0 aromatic heterocycles.